The van der Waals surface area contributed by atoms with Crippen molar-refractivity contribution in [3.63, 3.8) is 0 Å². The van der Waals surface area contributed by atoms with Crippen molar-refractivity contribution in [2.75, 3.05) is 17.4 Å². The van der Waals surface area contributed by atoms with Crippen LogP contribution >= 0.6 is 11.6 Å². The molecule has 1 unspecified atom stereocenters. The molecule has 2 amide bonds. The van der Waals surface area contributed by atoms with Crippen LogP contribution in [0.3, 0.4) is 0 Å². The van der Waals surface area contributed by atoms with Gasteiger partial charge in [0.2, 0.25) is 11.8 Å². The van der Waals surface area contributed by atoms with E-state index in [0.29, 0.717) is 17.3 Å². The number of benzene rings is 3. The van der Waals surface area contributed by atoms with Crippen LogP contribution in [0.5, 0.6) is 0 Å². The van der Waals surface area contributed by atoms with E-state index in [1.54, 1.807) is 67.6 Å². The van der Waals surface area contributed by atoms with Gasteiger partial charge in [-0.15, -0.1) is 0 Å². The largest absolute Gasteiger partial charge is 0.354 e. The molecule has 1 N–H and O–H groups in total. The molecule has 0 aromatic heterocycles. The van der Waals surface area contributed by atoms with Crippen LogP contribution in [-0.4, -0.2) is 44.3 Å². The maximum Gasteiger partial charge on any atom is 0.264 e. The Morgan fingerprint density at radius 1 is 0.949 bits per heavy atom. The number of hydrogen-bond donors (Lipinski definition) is 1. The number of nitrogens with one attached hydrogen (secondary N) is 1. The first-order valence-corrected chi connectivity index (χ1v) is 14.7. The second-order valence-corrected chi connectivity index (χ2v) is 12.0. The summed E-state index contributed by atoms with van der Waals surface area (Å²) in [6, 6.07) is 18.1. The maximum absolute atomic E-state index is 14.0. The third-order valence-corrected chi connectivity index (χ3v) is 8.74. The number of anilines is 1. The third-order valence-electron chi connectivity index (χ3n) is 6.72. The average Bonchev–Trinajstić information content (AvgIpc) is 2.91. The lowest BCUT2D eigenvalue weighted by molar-refractivity contribution is -0.139. The van der Waals surface area contributed by atoms with Gasteiger partial charge in [0.05, 0.1) is 10.6 Å². The third kappa shape index (κ3) is 7.40. The zero-order valence-corrected chi connectivity index (χ0v) is 24.6. The lowest BCUT2D eigenvalue weighted by Crippen LogP contribution is -2.51. The number of hydrogen-bond acceptors (Lipinski definition) is 4. The van der Waals surface area contributed by atoms with Crippen LogP contribution in [0.2, 0.25) is 5.02 Å². The highest BCUT2D eigenvalue weighted by Crippen LogP contribution is 2.29. The minimum atomic E-state index is -4.11. The van der Waals surface area contributed by atoms with Gasteiger partial charge in [0, 0.05) is 18.1 Å². The molecule has 3 rings (SSSR count). The summed E-state index contributed by atoms with van der Waals surface area (Å²) in [5.74, 6) is -0.806. The molecular formula is C30H36ClN3O4S. The van der Waals surface area contributed by atoms with E-state index >= 15 is 0 Å². The molecule has 0 radical (unpaired) electrons. The summed E-state index contributed by atoms with van der Waals surface area (Å²) in [6.45, 7) is 9.31. The SMILES string of the molecule is CCCNC(=O)C(C)N(Cc1ccc(Cl)cc1)C(=O)CN(c1cccc(C)c1C)S(=O)(=O)c1ccc(C)cc1. The molecule has 0 heterocycles. The summed E-state index contributed by atoms with van der Waals surface area (Å²) in [5, 5.41) is 3.39. The van der Waals surface area contributed by atoms with Crippen molar-refractivity contribution in [3.05, 3.63) is 94.0 Å². The van der Waals surface area contributed by atoms with Gasteiger partial charge < -0.3 is 10.2 Å². The molecule has 7 nitrogen and oxygen atoms in total. The highest BCUT2D eigenvalue weighted by atomic mass is 35.5. The van der Waals surface area contributed by atoms with Gasteiger partial charge >= 0.3 is 0 Å². The molecule has 0 bridgehead atoms. The molecule has 3 aromatic carbocycles. The molecule has 0 saturated carbocycles. The molecule has 9 heteroatoms. The van der Waals surface area contributed by atoms with Gasteiger partial charge in [0.1, 0.15) is 12.6 Å². The monoisotopic (exact) mass is 569 g/mol. The Kier molecular flexibility index (Phi) is 10.2. The van der Waals surface area contributed by atoms with Crippen molar-refractivity contribution in [1.29, 1.82) is 0 Å². The van der Waals surface area contributed by atoms with E-state index in [1.807, 2.05) is 33.8 Å². The second-order valence-electron chi connectivity index (χ2n) is 9.66. The van der Waals surface area contributed by atoms with E-state index in [4.69, 9.17) is 11.6 Å². The molecular weight excluding hydrogens is 534 g/mol. The van der Waals surface area contributed by atoms with Crippen LogP contribution in [0.4, 0.5) is 5.69 Å². The van der Waals surface area contributed by atoms with E-state index in [0.717, 1.165) is 33.0 Å². The topological polar surface area (TPSA) is 86.8 Å². The van der Waals surface area contributed by atoms with Crippen molar-refractivity contribution < 1.29 is 18.0 Å². The van der Waals surface area contributed by atoms with Crippen LogP contribution in [-0.2, 0) is 26.2 Å². The lowest BCUT2D eigenvalue weighted by atomic mass is 10.1. The molecule has 0 aliphatic rings. The van der Waals surface area contributed by atoms with Crippen molar-refractivity contribution in [1.82, 2.24) is 10.2 Å². The van der Waals surface area contributed by atoms with Gasteiger partial charge in [0.25, 0.3) is 10.0 Å². The van der Waals surface area contributed by atoms with Gasteiger partial charge in [-0.2, -0.15) is 0 Å². The Morgan fingerprint density at radius 3 is 2.21 bits per heavy atom. The van der Waals surface area contributed by atoms with E-state index in [-0.39, 0.29) is 17.3 Å². The molecule has 39 heavy (non-hydrogen) atoms. The number of amides is 2. The number of aryl methyl sites for hydroxylation is 2. The summed E-state index contributed by atoms with van der Waals surface area (Å²) in [5.41, 5.74) is 3.75. The average molecular weight is 570 g/mol. The summed E-state index contributed by atoms with van der Waals surface area (Å²) in [6.07, 6.45) is 0.749. The summed E-state index contributed by atoms with van der Waals surface area (Å²) < 4.78 is 29.1. The standard InChI is InChI=1S/C30H36ClN3O4S/c1-6-18-32-30(36)24(5)33(19-25-12-14-26(31)15-13-25)29(35)20-34(28-9-7-8-22(3)23(28)4)39(37,38)27-16-10-21(2)11-17-27/h7-17,24H,6,18-20H2,1-5H3,(H,32,36). The summed E-state index contributed by atoms with van der Waals surface area (Å²) in [7, 11) is -4.11. The van der Waals surface area contributed by atoms with Crippen molar-refractivity contribution in [2.24, 2.45) is 0 Å². The number of carbonyl (C=O) groups excluding carboxylic acids is 2. The Labute approximate surface area is 236 Å². The molecule has 0 fully saturated rings. The summed E-state index contributed by atoms with van der Waals surface area (Å²) in [4.78, 5) is 28.4. The number of sulfonamides is 1. The maximum atomic E-state index is 14.0. The van der Waals surface area contributed by atoms with Crippen molar-refractivity contribution >= 4 is 39.1 Å². The number of nitrogens with zero attached hydrogens (tertiary/aromatic N) is 2. The second kappa shape index (κ2) is 13.1. The van der Waals surface area contributed by atoms with Gasteiger partial charge in [0.15, 0.2) is 0 Å². The number of carbonyl (C=O) groups is 2. The minimum absolute atomic E-state index is 0.0831. The van der Waals surface area contributed by atoms with E-state index in [2.05, 4.69) is 5.32 Å². The first kappa shape index (κ1) is 30.2. The van der Waals surface area contributed by atoms with Gasteiger partial charge in [-0.1, -0.05) is 60.5 Å². The highest BCUT2D eigenvalue weighted by Gasteiger charge is 2.33. The first-order chi connectivity index (χ1) is 18.4. The highest BCUT2D eigenvalue weighted by molar-refractivity contribution is 7.92. The fourth-order valence-corrected chi connectivity index (χ4v) is 5.72. The van der Waals surface area contributed by atoms with Crippen molar-refractivity contribution in [2.45, 2.75) is 58.5 Å². The normalized spacial score (nSPS) is 12.1. The van der Waals surface area contributed by atoms with E-state index in [9.17, 15) is 18.0 Å². The van der Waals surface area contributed by atoms with Crippen LogP contribution in [0, 0.1) is 20.8 Å². The van der Waals surface area contributed by atoms with Crippen molar-refractivity contribution in [3.8, 4) is 0 Å². The van der Waals surface area contributed by atoms with Gasteiger partial charge in [-0.25, -0.2) is 8.42 Å². The molecule has 0 aliphatic heterocycles. The first-order valence-electron chi connectivity index (χ1n) is 12.9. The Bertz CT molecular complexity index is 1410. The Hall–Kier alpha value is -3.36. The number of rotatable bonds is 11. The van der Waals surface area contributed by atoms with Crippen LogP contribution in [0.1, 0.15) is 42.5 Å². The van der Waals surface area contributed by atoms with Crippen LogP contribution < -0.4 is 9.62 Å². The van der Waals surface area contributed by atoms with Gasteiger partial charge in [-0.05, 0) is 81.1 Å². The smallest absolute Gasteiger partial charge is 0.264 e. The molecule has 208 valence electrons. The quantitative estimate of drug-likeness (QED) is 0.335. The fraction of sp³-hybridized carbons (Fsp3) is 0.333. The minimum Gasteiger partial charge on any atom is -0.354 e. The Morgan fingerprint density at radius 2 is 1.59 bits per heavy atom. The molecule has 0 spiro atoms. The van der Waals surface area contributed by atoms with E-state index < -0.39 is 28.5 Å². The molecule has 0 saturated heterocycles. The lowest BCUT2D eigenvalue weighted by Gasteiger charge is -2.32. The fourth-order valence-electron chi connectivity index (χ4n) is 4.12. The Balaban J connectivity index is 2.05. The van der Waals surface area contributed by atoms with Gasteiger partial charge in [-0.3, -0.25) is 13.9 Å². The predicted molar refractivity (Wildman–Crippen MR) is 156 cm³/mol. The molecule has 3 aromatic rings. The zero-order chi connectivity index (χ0) is 28.7. The van der Waals surface area contributed by atoms with Crippen LogP contribution in [0.25, 0.3) is 0 Å². The van der Waals surface area contributed by atoms with Crippen LogP contribution in [0.15, 0.2) is 71.6 Å². The van der Waals surface area contributed by atoms with E-state index in [1.165, 1.54) is 4.90 Å². The number of halogens is 1. The predicted octanol–water partition coefficient (Wildman–Crippen LogP) is 5.40. The molecule has 0 aliphatic carbocycles. The zero-order valence-electron chi connectivity index (χ0n) is 23.1. The summed E-state index contributed by atoms with van der Waals surface area (Å²) >= 11 is 6.05. The molecule has 1 atom stereocenters.